The Kier molecular flexibility index (Phi) is 11.6. The van der Waals surface area contributed by atoms with Crippen molar-refractivity contribution in [1.82, 2.24) is 16.0 Å². The molecule has 0 aromatic heterocycles. The summed E-state index contributed by atoms with van der Waals surface area (Å²) >= 11 is 6.09. The molecule has 0 aliphatic carbocycles. The van der Waals surface area contributed by atoms with Gasteiger partial charge in [-0.05, 0) is 73.7 Å². The van der Waals surface area contributed by atoms with Crippen molar-refractivity contribution in [3.8, 4) is 0 Å². The molecule has 0 saturated carbocycles. The molecule has 202 valence electrons. The molecule has 3 atom stereocenters. The predicted octanol–water partition coefficient (Wildman–Crippen LogP) is 4.08. The standard InChI is InChI=1S/C27H35ClFN3O5/c1-30-24(11-18-5-4-9-36-17-18)16-32-26(33)20-7-3-6-19(12-20)25(37-10-8-31-27(34)35-2)21-13-22(28)15-23(29)14-21/h3,6-7,12-15,18,24-25,30H,4-5,8-11,16-17H2,1-2H3,(H,31,34)(H,32,33)/t18-,24+,25+/m1/s1. The Morgan fingerprint density at radius 3 is 2.73 bits per heavy atom. The molecule has 0 bridgehead atoms. The van der Waals surface area contributed by atoms with Crippen molar-refractivity contribution in [3.05, 3.63) is 70.0 Å². The van der Waals surface area contributed by atoms with Gasteiger partial charge in [0, 0.05) is 42.9 Å². The molecule has 2 amide bonds. The molecule has 0 spiro atoms. The average molecular weight is 536 g/mol. The van der Waals surface area contributed by atoms with Gasteiger partial charge in [-0.25, -0.2) is 9.18 Å². The first-order chi connectivity index (χ1) is 17.9. The number of rotatable bonds is 12. The highest BCUT2D eigenvalue weighted by molar-refractivity contribution is 6.30. The van der Waals surface area contributed by atoms with Gasteiger partial charge < -0.3 is 30.2 Å². The molecule has 1 aliphatic heterocycles. The van der Waals surface area contributed by atoms with Crippen molar-refractivity contribution >= 4 is 23.6 Å². The monoisotopic (exact) mass is 535 g/mol. The highest BCUT2D eigenvalue weighted by Gasteiger charge is 2.21. The van der Waals surface area contributed by atoms with Crippen molar-refractivity contribution in [1.29, 1.82) is 0 Å². The normalized spacial score (nSPS) is 17.0. The lowest BCUT2D eigenvalue weighted by molar-refractivity contribution is 0.0478. The number of alkyl carbamates (subject to hydrolysis) is 1. The molecule has 0 unspecified atom stereocenters. The number of likely N-dealkylation sites (N-methyl/N-ethyl adjacent to an activating group) is 1. The zero-order valence-corrected chi connectivity index (χ0v) is 22.0. The maximum absolute atomic E-state index is 14.1. The van der Waals surface area contributed by atoms with E-state index in [2.05, 4.69) is 20.7 Å². The molecular formula is C27H35ClFN3O5. The fraction of sp³-hybridized carbons (Fsp3) is 0.481. The van der Waals surface area contributed by atoms with E-state index >= 15 is 0 Å². The first-order valence-electron chi connectivity index (χ1n) is 12.4. The summed E-state index contributed by atoms with van der Waals surface area (Å²) < 4.78 is 30.3. The average Bonchev–Trinajstić information content (AvgIpc) is 2.90. The maximum Gasteiger partial charge on any atom is 0.406 e. The lowest BCUT2D eigenvalue weighted by atomic mass is 9.94. The van der Waals surface area contributed by atoms with E-state index in [4.69, 9.17) is 21.1 Å². The highest BCUT2D eigenvalue weighted by atomic mass is 35.5. The number of nitrogens with one attached hydrogen (secondary N) is 3. The van der Waals surface area contributed by atoms with Crippen LogP contribution in [0.2, 0.25) is 5.02 Å². The van der Waals surface area contributed by atoms with E-state index < -0.39 is 18.0 Å². The fourth-order valence-electron chi connectivity index (χ4n) is 4.37. The summed E-state index contributed by atoms with van der Waals surface area (Å²) in [5, 5.41) is 9.06. The summed E-state index contributed by atoms with van der Waals surface area (Å²) in [4.78, 5) is 24.3. The first kappa shape index (κ1) is 28.8. The van der Waals surface area contributed by atoms with Crippen molar-refractivity contribution in [2.45, 2.75) is 31.4 Å². The largest absolute Gasteiger partial charge is 0.453 e. The number of benzene rings is 2. The number of amides is 2. The highest BCUT2D eigenvalue weighted by Crippen LogP contribution is 2.29. The van der Waals surface area contributed by atoms with Gasteiger partial charge in [-0.15, -0.1) is 0 Å². The smallest absolute Gasteiger partial charge is 0.406 e. The number of halogens is 2. The molecule has 8 nitrogen and oxygen atoms in total. The summed E-state index contributed by atoms with van der Waals surface area (Å²) in [5.41, 5.74) is 1.60. The van der Waals surface area contributed by atoms with E-state index in [9.17, 15) is 14.0 Å². The minimum Gasteiger partial charge on any atom is -0.453 e. The number of hydrogen-bond acceptors (Lipinski definition) is 6. The van der Waals surface area contributed by atoms with Crippen LogP contribution in [0.1, 0.15) is 46.9 Å². The third kappa shape index (κ3) is 9.27. The molecule has 0 radical (unpaired) electrons. The van der Waals surface area contributed by atoms with Gasteiger partial charge in [0.05, 0.1) is 13.7 Å². The molecule has 1 fully saturated rings. The summed E-state index contributed by atoms with van der Waals surface area (Å²) in [7, 11) is 3.16. The minimum absolute atomic E-state index is 0.124. The van der Waals surface area contributed by atoms with Crippen molar-refractivity contribution < 1.29 is 28.2 Å². The van der Waals surface area contributed by atoms with Crippen LogP contribution < -0.4 is 16.0 Å². The Balaban J connectivity index is 1.70. The first-order valence-corrected chi connectivity index (χ1v) is 12.8. The number of methoxy groups -OCH3 is 1. The van der Waals surface area contributed by atoms with Crippen LogP contribution in [0, 0.1) is 11.7 Å². The van der Waals surface area contributed by atoms with Gasteiger partial charge in [-0.2, -0.15) is 0 Å². The Bertz CT molecular complexity index is 1010. The van der Waals surface area contributed by atoms with Gasteiger partial charge in [0.15, 0.2) is 0 Å². The molecule has 37 heavy (non-hydrogen) atoms. The van der Waals surface area contributed by atoms with Crippen LogP contribution in [0.4, 0.5) is 9.18 Å². The maximum atomic E-state index is 14.1. The van der Waals surface area contributed by atoms with Gasteiger partial charge in [-0.1, -0.05) is 23.7 Å². The third-order valence-electron chi connectivity index (χ3n) is 6.27. The zero-order chi connectivity index (χ0) is 26.6. The quantitative estimate of drug-likeness (QED) is 0.354. The Labute approximate surface area is 222 Å². The molecular weight excluding hydrogens is 501 g/mol. The molecule has 3 N–H and O–H groups in total. The van der Waals surface area contributed by atoms with E-state index in [1.165, 1.54) is 19.2 Å². The molecule has 1 aliphatic rings. The molecule has 2 aromatic carbocycles. The Morgan fingerprint density at radius 1 is 1.19 bits per heavy atom. The third-order valence-corrected chi connectivity index (χ3v) is 6.49. The van der Waals surface area contributed by atoms with Crippen LogP contribution in [0.3, 0.4) is 0 Å². The van der Waals surface area contributed by atoms with Crippen LogP contribution in [0.15, 0.2) is 42.5 Å². The SMILES string of the molecule is CN[C@H](CNC(=O)c1cccc([C@H](OCCNC(=O)OC)c2cc(F)cc(Cl)c2)c1)C[C@H]1CCCOC1. The minimum atomic E-state index is -0.711. The molecule has 3 rings (SSSR count). The summed E-state index contributed by atoms with van der Waals surface area (Å²) in [5.74, 6) is -0.236. The number of hydrogen-bond donors (Lipinski definition) is 3. The van der Waals surface area contributed by atoms with E-state index in [0.717, 1.165) is 32.5 Å². The number of carbonyl (C=O) groups excluding carboxylic acids is 2. The van der Waals surface area contributed by atoms with E-state index in [1.807, 2.05) is 7.05 Å². The van der Waals surface area contributed by atoms with E-state index in [0.29, 0.717) is 29.2 Å². The molecule has 1 saturated heterocycles. The lowest BCUT2D eigenvalue weighted by Gasteiger charge is -2.26. The lowest BCUT2D eigenvalue weighted by Crippen LogP contribution is -2.41. The Hall–Kier alpha value is -2.72. The molecule has 2 aromatic rings. The second kappa shape index (κ2) is 14.9. The summed E-state index contributed by atoms with van der Waals surface area (Å²) in [6, 6.07) is 11.3. The van der Waals surface area contributed by atoms with Crippen molar-refractivity contribution in [2.24, 2.45) is 5.92 Å². The van der Waals surface area contributed by atoms with Crippen LogP contribution in [-0.2, 0) is 14.2 Å². The molecule has 10 heteroatoms. The topological polar surface area (TPSA) is 97.9 Å². The summed E-state index contributed by atoms with van der Waals surface area (Å²) in [6.45, 7) is 2.37. The van der Waals surface area contributed by atoms with Crippen molar-refractivity contribution in [3.63, 3.8) is 0 Å². The van der Waals surface area contributed by atoms with Crippen molar-refractivity contribution in [2.75, 3.05) is 47.1 Å². The van der Waals surface area contributed by atoms with Crippen LogP contribution in [0.5, 0.6) is 0 Å². The van der Waals surface area contributed by atoms with Crippen LogP contribution in [0.25, 0.3) is 0 Å². The number of ether oxygens (including phenoxy) is 3. The van der Waals surface area contributed by atoms with E-state index in [1.54, 1.807) is 30.3 Å². The summed E-state index contributed by atoms with van der Waals surface area (Å²) in [6.07, 6.45) is 1.83. The van der Waals surface area contributed by atoms with Gasteiger partial charge in [0.2, 0.25) is 0 Å². The van der Waals surface area contributed by atoms with Gasteiger partial charge in [0.1, 0.15) is 11.9 Å². The van der Waals surface area contributed by atoms with Crippen LogP contribution in [-0.4, -0.2) is 65.1 Å². The van der Waals surface area contributed by atoms with E-state index in [-0.39, 0.29) is 30.1 Å². The number of carbonyl (C=O) groups is 2. The second-order valence-corrected chi connectivity index (χ2v) is 9.45. The predicted molar refractivity (Wildman–Crippen MR) is 139 cm³/mol. The Morgan fingerprint density at radius 2 is 2.03 bits per heavy atom. The molecule has 1 heterocycles. The fourth-order valence-corrected chi connectivity index (χ4v) is 4.60. The van der Waals surface area contributed by atoms with Gasteiger partial charge >= 0.3 is 6.09 Å². The zero-order valence-electron chi connectivity index (χ0n) is 21.2. The van der Waals surface area contributed by atoms with Gasteiger partial charge in [-0.3, -0.25) is 4.79 Å². The second-order valence-electron chi connectivity index (χ2n) is 9.01. The van der Waals surface area contributed by atoms with Gasteiger partial charge in [0.25, 0.3) is 5.91 Å². The van der Waals surface area contributed by atoms with Crippen LogP contribution >= 0.6 is 11.6 Å².